The Labute approximate surface area is 193 Å². The van der Waals surface area contributed by atoms with E-state index < -0.39 is 0 Å². The molecule has 2 heterocycles. The Morgan fingerprint density at radius 3 is 2.82 bits per heavy atom. The quantitative estimate of drug-likeness (QED) is 0.558. The van der Waals surface area contributed by atoms with Gasteiger partial charge in [-0.3, -0.25) is 0 Å². The van der Waals surface area contributed by atoms with Gasteiger partial charge in [0.05, 0.1) is 18.8 Å². The first-order valence-corrected chi connectivity index (χ1v) is 11.8. The number of esters is 1. The van der Waals surface area contributed by atoms with Crippen molar-refractivity contribution in [1.29, 1.82) is 0 Å². The molecule has 2 aliphatic carbocycles. The lowest BCUT2D eigenvalue weighted by molar-refractivity contribution is -0.0754. The number of rotatable bonds is 5. The summed E-state index contributed by atoms with van der Waals surface area (Å²) in [5.41, 5.74) is 3.86. The molecule has 1 N–H and O–H groups in total. The van der Waals surface area contributed by atoms with Gasteiger partial charge < -0.3 is 24.2 Å². The second kappa shape index (κ2) is 7.61. The fourth-order valence-corrected chi connectivity index (χ4v) is 6.51. The van der Waals surface area contributed by atoms with Crippen LogP contribution >= 0.6 is 0 Å². The van der Waals surface area contributed by atoms with Gasteiger partial charge in [-0.1, -0.05) is 30.4 Å². The molecule has 33 heavy (non-hydrogen) atoms. The maximum absolute atomic E-state index is 11.9. The molecule has 1 spiro atoms. The molecule has 1 saturated heterocycles. The van der Waals surface area contributed by atoms with Crippen LogP contribution in [0.5, 0.6) is 11.5 Å². The third-order valence-corrected chi connectivity index (χ3v) is 8.04. The van der Waals surface area contributed by atoms with E-state index in [1.807, 2.05) is 12.1 Å². The van der Waals surface area contributed by atoms with E-state index in [1.54, 1.807) is 25.1 Å². The number of hydrogen-bond acceptors (Lipinski definition) is 6. The summed E-state index contributed by atoms with van der Waals surface area (Å²) in [4.78, 5) is 14.4. The number of likely N-dealkylation sites (tertiary alicyclic amines) is 1. The minimum atomic E-state index is -0.313. The topological polar surface area (TPSA) is 68.2 Å². The van der Waals surface area contributed by atoms with Crippen molar-refractivity contribution in [2.75, 3.05) is 20.2 Å². The number of aromatic hydroxyl groups is 1. The smallest absolute Gasteiger partial charge is 0.338 e. The van der Waals surface area contributed by atoms with E-state index in [0.717, 1.165) is 24.9 Å². The summed E-state index contributed by atoms with van der Waals surface area (Å²) in [5, 5.41) is 10.6. The van der Waals surface area contributed by atoms with Crippen LogP contribution in [0.3, 0.4) is 0 Å². The summed E-state index contributed by atoms with van der Waals surface area (Å²) in [6, 6.07) is 11.6. The number of ether oxygens (including phenoxy) is 3. The summed E-state index contributed by atoms with van der Waals surface area (Å²) in [6.45, 7) is 3.58. The second-order valence-electron chi connectivity index (χ2n) is 9.63. The van der Waals surface area contributed by atoms with Crippen LogP contribution in [0, 0.1) is 5.92 Å². The molecule has 1 fully saturated rings. The molecule has 6 heteroatoms. The van der Waals surface area contributed by atoms with Crippen molar-refractivity contribution < 1.29 is 24.1 Å². The van der Waals surface area contributed by atoms with Crippen LogP contribution in [0.25, 0.3) is 0 Å². The minimum Gasteiger partial charge on any atom is -0.504 e. The average molecular weight is 448 g/mol. The Bertz CT molecular complexity index is 1130. The van der Waals surface area contributed by atoms with Gasteiger partial charge in [0.25, 0.3) is 0 Å². The van der Waals surface area contributed by atoms with Gasteiger partial charge >= 0.3 is 5.97 Å². The number of phenols is 1. The van der Waals surface area contributed by atoms with E-state index >= 15 is 0 Å². The molecule has 5 atom stereocenters. The molecular formula is C27H29NO5. The molecule has 0 aromatic heterocycles. The highest BCUT2D eigenvalue weighted by molar-refractivity contribution is 5.89. The number of benzene rings is 2. The lowest BCUT2D eigenvalue weighted by atomic mass is 9.53. The molecule has 0 radical (unpaired) electrons. The number of likely N-dealkylation sites (N-methyl/N-ethyl adjacent to an activating group) is 1. The van der Waals surface area contributed by atoms with Gasteiger partial charge in [-0.15, -0.1) is 0 Å². The predicted octanol–water partition coefficient (Wildman–Crippen LogP) is 3.60. The third kappa shape index (κ3) is 2.97. The van der Waals surface area contributed by atoms with Crippen LogP contribution < -0.4 is 4.74 Å². The van der Waals surface area contributed by atoms with Gasteiger partial charge in [0.1, 0.15) is 12.2 Å². The first kappa shape index (κ1) is 20.8. The predicted molar refractivity (Wildman–Crippen MR) is 123 cm³/mol. The van der Waals surface area contributed by atoms with E-state index in [1.165, 1.54) is 11.1 Å². The standard InChI is InChI=1S/C27H29NO5/c1-3-31-26(30)17-6-4-16(5-7-17)15-32-22-11-9-19-20-14-18-8-10-21(29)24-23(18)27(19,25(22)33-24)12-13-28(20)2/h4-11,19-20,22,25,29H,3,12-15H2,1-2H3/t19-,20+,22-,25-,27-/m0/s1. The van der Waals surface area contributed by atoms with Crippen LogP contribution in [0.15, 0.2) is 48.6 Å². The van der Waals surface area contributed by atoms with Gasteiger partial charge in [-0.2, -0.15) is 0 Å². The molecule has 2 aliphatic heterocycles. The highest BCUT2D eigenvalue weighted by Gasteiger charge is 2.64. The first-order chi connectivity index (χ1) is 16.0. The van der Waals surface area contributed by atoms with Crippen molar-refractivity contribution in [1.82, 2.24) is 4.90 Å². The van der Waals surface area contributed by atoms with Crippen LogP contribution in [0.1, 0.15) is 40.4 Å². The molecule has 172 valence electrons. The maximum atomic E-state index is 11.9. The summed E-state index contributed by atoms with van der Waals surface area (Å²) >= 11 is 0. The van der Waals surface area contributed by atoms with Crippen LogP contribution in [-0.4, -0.2) is 54.4 Å². The lowest BCUT2D eigenvalue weighted by Gasteiger charge is -2.56. The van der Waals surface area contributed by atoms with Crippen molar-refractivity contribution in [3.8, 4) is 11.5 Å². The van der Waals surface area contributed by atoms with Crippen molar-refractivity contribution in [2.24, 2.45) is 5.92 Å². The minimum absolute atomic E-state index is 0.161. The number of carbonyl (C=O) groups is 1. The summed E-state index contributed by atoms with van der Waals surface area (Å²) in [5.74, 6) is 0.913. The monoisotopic (exact) mass is 447 g/mol. The van der Waals surface area contributed by atoms with Gasteiger partial charge in [0, 0.05) is 22.9 Å². The molecule has 6 rings (SSSR count). The molecule has 0 amide bonds. The summed E-state index contributed by atoms with van der Waals surface area (Å²) < 4.78 is 18.0. The van der Waals surface area contributed by atoms with Gasteiger partial charge in [-0.25, -0.2) is 4.79 Å². The van der Waals surface area contributed by atoms with Crippen LogP contribution in [0.2, 0.25) is 0 Å². The lowest BCUT2D eigenvalue weighted by Crippen LogP contribution is -2.65. The molecular weight excluding hydrogens is 418 g/mol. The second-order valence-corrected chi connectivity index (χ2v) is 9.63. The molecule has 4 aliphatic rings. The van der Waals surface area contributed by atoms with Gasteiger partial charge in [-0.05, 0) is 62.7 Å². The molecule has 0 unspecified atom stereocenters. The molecule has 2 bridgehead atoms. The fraction of sp³-hybridized carbons (Fsp3) is 0.444. The molecule has 2 aromatic carbocycles. The van der Waals surface area contributed by atoms with Gasteiger partial charge in [0.2, 0.25) is 0 Å². The Morgan fingerprint density at radius 1 is 1.21 bits per heavy atom. The highest BCUT2D eigenvalue weighted by Crippen LogP contribution is 2.62. The fourth-order valence-electron chi connectivity index (χ4n) is 6.51. The third-order valence-electron chi connectivity index (χ3n) is 8.04. The van der Waals surface area contributed by atoms with Crippen LogP contribution in [0.4, 0.5) is 0 Å². The van der Waals surface area contributed by atoms with Crippen LogP contribution in [-0.2, 0) is 27.9 Å². The number of carbonyl (C=O) groups excluding carboxylic acids is 1. The molecule has 2 aromatic rings. The van der Waals surface area contributed by atoms with E-state index in [4.69, 9.17) is 14.2 Å². The zero-order chi connectivity index (χ0) is 22.7. The molecule has 0 saturated carbocycles. The Morgan fingerprint density at radius 2 is 2.03 bits per heavy atom. The van der Waals surface area contributed by atoms with E-state index in [0.29, 0.717) is 36.5 Å². The van der Waals surface area contributed by atoms with Crippen molar-refractivity contribution in [2.45, 2.75) is 50.0 Å². The Balaban J connectivity index is 1.28. The van der Waals surface area contributed by atoms with E-state index in [-0.39, 0.29) is 29.3 Å². The number of hydrogen-bond donors (Lipinski definition) is 1. The summed E-state index contributed by atoms with van der Waals surface area (Å²) in [7, 11) is 2.21. The zero-order valence-corrected chi connectivity index (χ0v) is 19.0. The molecule has 6 nitrogen and oxygen atoms in total. The highest BCUT2D eigenvalue weighted by atomic mass is 16.6. The van der Waals surface area contributed by atoms with Gasteiger partial charge in [0.15, 0.2) is 11.5 Å². The van der Waals surface area contributed by atoms with Crippen molar-refractivity contribution >= 4 is 5.97 Å². The van der Waals surface area contributed by atoms with E-state index in [2.05, 4.69) is 30.2 Å². The maximum Gasteiger partial charge on any atom is 0.338 e. The van der Waals surface area contributed by atoms with Crippen molar-refractivity contribution in [3.05, 3.63) is 70.8 Å². The number of nitrogens with zero attached hydrogens (tertiary/aromatic N) is 1. The Hall–Kier alpha value is -2.83. The average Bonchev–Trinajstić information content (AvgIpc) is 3.18. The number of phenolic OH excluding ortho intramolecular Hbond substituents is 1. The normalized spacial score (nSPS) is 31.1. The largest absolute Gasteiger partial charge is 0.504 e. The summed E-state index contributed by atoms with van der Waals surface area (Å²) in [6.07, 6.45) is 6.07. The first-order valence-electron chi connectivity index (χ1n) is 11.8. The SMILES string of the molecule is CCOC(=O)c1ccc(CO[C@H]2C=C[C@H]3[C@H]4Cc5ccc(O)c6c5[C@@]3(CCN4C)[C@H]2O6)cc1. The van der Waals surface area contributed by atoms with E-state index in [9.17, 15) is 9.90 Å². The van der Waals surface area contributed by atoms with Crippen molar-refractivity contribution in [3.63, 3.8) is 0 Å². The number of piperidine rings is 1. The Kier molecular flexibility index (Phi) is 4.78. The zero-order valence-electron chi connectivity index (χ0n) is 19.0.